The van der Waals surface area contributed by atoms with Crippen molar-refractivity contribution in [2.45, 2.75) is 57.8 Å². The number of ether oxygens (including phenoxy) is 1. The Morgan fingerprint density at radius 1 is 1.23 bits per heavy atom. The van der Waals surface area contributed by atoms with E-state index >= 15 is 0 Å². The van der Waals surface area contributed by atoms with Crippen molar-refractivity contribution in [2.24, 2.45) is 0 Å². The fraction of sp³-hybridized carbons (Fsp3) is 0.385. The topological polar surface area (TPSA) is 96.2 Å². The van der Waals surface area contributed by atoms with Crippen LogP contribution in [-0.4, -0.2) is 49.3 Å². The smallest absolute Gasteiger partial charge is 0.142 e. The van der Waals surface area contributed by atoms with Gasteiger partial charge in [-0.1, -0.05) is 18.5 Å². The minimum Gasteiger partial charge on any atom is -0.496 e. The van der Waals surface area contributed by atoms with Crippen molar-refractivity contribution in [3.05, 3.63) is 63.9 Å². The molecule has 1 aliphatic rings. The molecule has 0 saturated heterocycles. The zero-order valence-corrected chi connectivity index (χ0v) is 20.8. The molecule has 1 saturated carbocycles. The molecule has 9 heteroatoms. The van der Waals surface area contributed by atoms with Crippen LogP contribution >= 0.6 is 11.6 Å². The van der Waals surface area contributed by atoms with Crippen molar-refractivity contribution >= 4 is 22.6 Å². The lowest BCUT2D eigenvalue weighted by atomic mass is 9.91. The Labute approximate surface area is 207 Å². The molecule has 3 unspecified atom stereocenters. The molecule has 35 heavy (non-hydrogen) atoms. The highest BCUT2D eigenvalue weighted by Gasteiger charge is 2.34. The summed E-state index contributed by atoms with van der Waals surface area (Å²) in [4.78, 5) is 7.85. The van der Waals surface area contributed by atoms with Crippen molar-refractivity contribution < 1.29 is 19.3 Å². The molecule has 0 bridgehead atoms. The van der Waals surface area contributed by atoms with E-state index in [1.54, 1.807) is 13.2 Å². The molecule has 4 aromatic rings. The van der Waals surface area contributed by atoms with Gasteiger partial charge in [-0.05, 0) is 50.5 Å². The highest BCUT2D eigenvalue weighted by atomic mass is 35.5. The predicted octanol–water partition coefficient (Wildman–Crippen LogP) is 5.05. The van der Waals surface area contributed by atoms with Crippen LogP contribution in [0.5, 0.6) is 5.75 Å². The SMILES string of the molecule is COc1ccc(F)c(Cl)c1C(C)c1c[nH]c2ncc(-c3c(C)nn(C4CC(O)C(O)C4)c3C)cc12. The van der Waals surface area contributed by atoms with E-state index in [0.29, 0.717) is 29.8 Å². The minimum atomic E-state index is -0.735. The summed E-state index contributed by atoms with van der Waals surface area (Å²) >= 11 is 6.37. The van der Waals surface area contributed by atoms with Crippen LogP contribution in [0.25, 0.3) is 22.2 Å². The Morgan fingerprint density at radius 3 is 2.63 bits per heavy atom. The third kappa shape index (κ3) is 3.90. The van der Waals surface area contributed by atoms with Crippen molar-refractivity contribution in [3.63, 3.8) is 0 Å². The van der Waals surface area contributed by atoms with Crippen LogP contribution < -0.4 is 4.74 Å². The molecule has 3 aromatic heterocycles. The maximum Gasteiger partial charge on any atom is 0.142 e. The van der Waals surface area contributed by atoms with Gasteiger partial charge in [-0.2, -0.15) is 5.10 Å². The van der Waals surface area contributed by atoms with Gasteiger partial charge in [-0.25, -0.2) is 9.37 Å². The summed E-state index contributed by atoms with van der Waals surface area (Å²) < 4.78 is 21.7. The summed E-state index contributed by atoms with van der Waals surface area (Å²) in [7, 11) is 1.54. The van der Waals surface area contributed by atoms with Gasteiger partial charge in [0.1, 0.15) is 17.2 Å². The number of aliphatic hydroxyl groups excluding tert-OH is 2. The van der Waals surface area contributed by atoms with Crippen LogP contribution in [0, 0.1) is 19.7 Å². The lowest BCUT2D eigenvalue weighted by molar-refractivity contribution is 0.0438. The number of aromatic amines is 1. The van der Waals surface area contributed by atoms with Gasteiger partial charge in [0.05, 0.1) is 36.1 Å². The molecule has 0 radical (unpaired) electrons. The number of aliphatic hydroxyl groups is 2. The van der Waals surface area contributed by atoms with Gasteiger partial charge in [0, 0.05) is 46.1 Å². The molecule has 184 valence electrons. The van der Waals surface area contributed by atoms with E-state index in [9.17, 15) is 14.6 Å². The van der Waals surface area contributed by atoms with E-state index < -0.39 is 18.0 Å². The number of aromatic nitrogens is 4. The van der Waals surface area contributed by atoms with E-state index in [1.165, 1.54) is 6.07 Å². The lowest BCUT2D eigenvalue weighted by Crippen LogP contribution is -2.17. The summed E-state index contributed by atoms with van der Waals surface area (Å²) in [6.45, 7) is 5.90. The average Bonchev–Trinajstić information content (AvgIpc) is 3.49. The third-order valence-electron chi connectivity index (χ3n) is 7.21. The normalized spacial score (nSPS) is 21.1. The molecule has 7 nitrogen and oxygen atoms in total. The van der Waals surface area contributed by atoms with Gasteiger partial charge in [-0.15, -0.1) is 0 Å². The number of hydrogen-bond acceptors (Lipinski definition) is 5. The maximum atomic E-state index is 14.3. The highest BCUT2D eigenvalue weighted by Crippen LogP contribution is 2.41. The number of rotatable bonds is 5. The fourth-order valence-corrected chi connectivity index (χ4v) is 5.73. The van der Waals surface area contributed by atoms with Gasteiger partial charge in [0.25, 0.3) is 0 Å². The van der Waals surface area contributed by atoms with Crippen LogP contribution in [0.2, 0.25) is 5.02 Å². The van der Waals surface area contributed by atoms with Gasteiger partial charge in [-0.3, -0.25) is 4.68 Å². The minimum absolute atomic E-state index is 0.0456. The molecule has 0 amide bonds. The van der Waals surface area contributed by atoms with Crippen LogP contribution in [0.3, 0.4) is 0 Å². The van der Waals surface area contributed by atoms with E-state index in [0.717, 1.165) is 33.5 Å². The van der Waals surface area contributed by atoms with Crippen molar-refractivity contribution in [1.82, 2.24) is 19.7 Å². The lowest BCUT2D eigenvalue weighted by Gasteiger charge is -2.17. The first-order valence-corrected chi connectivity index (χ1v) is 12.0. The Hall–Kier alpha value is -2.94. The summed E-state index contributed by atoms with van der Waals surface area (Å²) in [5.74, 6) is -0.226. The maximum absolute atomic E-state index is 14.3. The largest absolute Gasteiger partial charge is 0.496 e. The van der Waals surface area contributed by atoms with E-state index in [4.69, 9.17) is 21.4 Å². The molecule has 0 spiro atoms. The monoisotopic (exact) mass is 498 g/mol. The van der Waals surface area contributed by atoms with Crippen LogP contribution in [0.15, 0.2) is 30.6 Å². The van der Waals surface area contributed by atoms with Crippen LogP contribution in [0.4, 0.5) is 4.39 Å². The molecule has 0 aliphatic heterocycles. The number of halogens is 2. The fourth-order valence-electron chi connectivity index (χ4n) is 5.41. The standard InChI is InChI=1S/C26H28ClFN4O3/c1-12(23-22(35-4)6-5-19(28)25(23)27)18-11-30-26-17(18)7-15(10-29-26)24-13(2)31-32(14(24)3)16-8-20(33)21(34)9-16/h5-7,10-12,16,20-21,33-34H,8-9H2,1-4H3,(H,29,30). The molecule has 3 heterocycles. The third-order valence-corrected chi connectivity index (χ3v) is 7.59. The molecular formula is C26H28ClFN4O3. The van der Waals surface area contributed by atoms with Crippen LogP contribution in [0.1, 0.15) is 54.2 Å². The molecule has 3 N–H and O–H groups in total. The molecule has 1 aliphatic carbocycles. The highest BCUT2D eigenvalue weighted by molar-refractivity contribution is 6.31. The first-order chi connectivity index (χ1) is 16.7. The van der Waals surface area contributed by atoms with E-state index in [2.05, 4.69) is 16.0 Å². The van der Waals surface area contributed by atoms with Crippen LogP contribution in [-0.2, 0) is 0 Å². The first kappa shape index (κ1) is 23.8. The Kier molecular flexibility index (Phi) is 6.07. The second kappa shape index (κ2) is 8.93. The zero-order valence-electron chi connectivity index (χ0n) is 20.0. The number of nitrogens with zero attached hydrogens (tertiary/aromatic N) is 3. The predicted molar refractivity (Wildman–Crippen MR) is 133 cm³/mol. The van der Waals surface area contributed by atoms with E-state index in [1.807, 2.05) is 37.8 Å². The molecule has 3 atom stereocenters. The van der Waals surface area contributed by atoms with Crippen molar-refractivity contribution in [2.75, 3.05) is 7.11 Å². The number of nitrogens with one attached hydrogen (secondary N) is 1. The summed E-state index contributed by atoms with van der Waals surface area (Å²) in [5, 5.41) is 25.7. The second-order valence-corrected chi connectivity index (χ2v) is 9.69. The summed E-state index contributed by atoms with van der Waals surface area (Å²) in [6.07, 6.45) is 3.15. The summed E-state index contributed by atoms with van der Waals surface area (Å²) in [5.41, 5.74) is 5.89. The number of fused-ring (bicyclic) bond motifs is 1. The zero-order chi connectivity index (χ0) is 25.0. The molecule has 5 rings (SSSR count). The number of aryl methyl sites for hydroxylation is 1. The molecule has 1 fully saturated rings. The van der Waals surface area contributed by atoms with Gasteiger partial charge in [0.2, 0.25) is 0 Å². The van der Waals surface area contributed by atoms with E-state index in [-0.39, 0.29) is 17.0 Å². The van der Waals surface area contributed by atoms with Gasteiger partial charge >= 0.3 is 0 Å². The van der Waals surface area contributed by atoms with Gasteiger partial charge < -0.3 is 19.9 Å². The van der Waals surface area contributed by atoms with Gasteiger partial charge in [0.15, 0.2) is 0 Å². The quantitative estimate of drug-likeness (QED) is 0.357. The summed E-state index contributed by atoms with van der Waals surface area (Å²) in [6, 6.07) is 4.89. The second-order valence-electron chi connectivity index (χ2n) is 9.31. The Morgan fingerprint density at radius 2 is 1.94 bits per heavy atom. The average molecular weight is 499 g/mol. The number of hydrogen-bond donors (Lipinski definition) is 3. The Balaban J connectivity index is 1.59. The first-order valence-electron chi connectivity index (χ1n) is 11.6. The number of pyridine rings is 1. The molecule has 1 aromatic carbocycles. The molecular weight excluding hydrogens is 471 g/mol. The van der Waals surface area contributed by atoms with Crippen molar-refractivity contribution in [1.29, 1.82) is 0 Å². The number of methoxy groups -OCH3 is 1. The number of benzene rings is 1. The van der Waals surface area contributed by atoms with Crippen molar-refractivity contribution in [3.8, 4) is 16.9 Å². The number of H-pyrrole nitrogens is 1. The Bertz CT molecular complexity index is 1410.